The van der Waals surface area contributed by atoms with E-state index >= 15 is 0 Å². The van der Waals surface area contributed by atoms with Gasteiger partial charge in [0.15, 0.2) is 0 Å². The molecule has 3 heterocycles. The maximum atomic E-state index is 5.09. The predicted molar refractivity (Wildman–Crippen MR) is 220 cm³/mol. The van der Waals surface area contributed by atoms with E-state index in [4.69, 9.17) is 9.92 Å². The van der Waals surface area contributed by atoms with Crippen LogP contribution in [0, 0.1) is 19.1 Å². The molecule has 1 aliphatic rings. The molecule has 0 saturated heterocycles. The third kappa shape index (κ3) is 6.06. The van der Waals surface area contributed by atoms with Crippen molar-refractivity contribution < 1.29 is 26.0 Å². The maximum absolute atomic E-state index is 5.09. The van der Waals surface area contributed by atoms with E-state index in [9.17, 15) is 0 Å². The first-order valence-corrected chi connectivity index (χ1v) is 18.0. The van der Waals surface area contributed by atoms with E-state index in [1.807, 2.05) is 52.7 Å². The van der Waals surface area contributed by atoms with E-state index in [2.05, 4.69) is 168 Å². The first kappa shape index (κ1) is 34.3. The number of nitrogens with zero attached hydrogens (tertiary/aromatic N) is 5. The van der Waals surface area contributed by atoms with Crippen molar-refractivity contribution in [2.75, 3.05) is 15.0 Å². The number of aryl methyl sites for hydroxylation is 1. The molecule has 7 heteroatoms. The molecule has 6 nitrogen and oxygen atoms in total. The molecule has 0 radical (unpaired) electrons. The molecule has 0 aliphatic carbocycles. The van der Waals surface area contributed by atoms with Gasteiger partial charge >= 0.3 is 0 Å². The number of fused-ring (bicyclic) bond motifs is 4. The van der Waals surface area contributed by atoms with Crippen molar-refractivity contribution in [3.8, 4) is 16.9 Å². The number of anilines is 7. The summed E-state index contributed by atoms with van der Waals surface area (Å²) >= 11 is 0. The number of rotatable bonds is 7. The number of aromatic nitrogens is 2. The fraction of sp³-hybridized carbons (Fsp3) is 0.0208. The minimum atomic E-state index is 0. The van der Waals surface area contributed by atoms with Crippen LogP contribution in [0.15, 0.2) is 182 Å². The van der Waals surface area contributed by atoms with E-state index < -0.39 is 0 Å². The smallest absolute Gasteiger partial charge is 0.148 e. The molecule has 2 aromatic heterocycles. The fourth-order valence-corrected chi connectivity index (χ4v) is 7.49. The molecule has 1 aliphatic heterocycles. The van der Waals surface area contributed by atoms with Crippen molar-refractivity contribution >= 4 is 61.6 Å². The Morgan fingerprint density at radius 1 is 0.582 bits per heavy atom. The van der Waals surface area contributed by atoms with Gasteiger partial charge in [-0.3, -0.25) is 0 Å². The van der Waals surface area contributed by atoms with Crippen molar-refractivity contribution in [3.05, 3.63) is 200 Å². The molecule has 7 aromatic carbocycles. The molecule has 0 spiro atoms. The summed E-state index contributed by atoms with van der Waals surface area (Å²) in [5.41, 5.74) is 12.1. The summed E-state index contributed by atoms with van der Waals surface area (Å²) in [4.78, 5) is 12.2. The Bertz CT molecular complexity index is 2800. The number of hydrogen-bond donors (Lipinski definition) is 0. The molecule has 0 bridgehead atoms. The van der Waals surface area contributed by atoms with Crippen molar-refractivity contribution in [2.24, 2.45) is 0 Å². The number of hydrogen-bond acceptors (Lipinski definition) is 4. The van der Waals surface area contributed by atoms with E-state index in [0.717, 1.165) is 73.0 Å². The second-order valence-electron chi connectivity index (χ2n) is 13.3. The minimum absolute atomic E-state index is 0. The quantitative estimate of drug-likeness (QED) is 0.118. The Labute approximate surface area is 334 Å². The topological polar surface area (TPSA) is 40.3 Å². The van der Waals surface area contributed by atoms with Gasteiger partial charge in [0.25, 0.3) is 0 Å². The van der Waals surface area contributed by atoms with Gasteiger partial charge in [0, 0.05) is 44.2 Å². The molecule has 55 heavy (non-hydrogen) atoms. The van der Waals surface area contributed by atoms with Crippen LogP contribution >= 0.6 is 0 Å². The SMILES string of the molecule is Cc1ccccc1-c1ccnc(-n2c3[c-]c(N(c4[c-]c(N5[OH+]N(c6ccccc6)c6ccccc65)ccc4)c4ccccc4)ccc3c3ccccc32)c1.[Pt]. The Kier molecular flexibility index (Phi) is 8.99. The van der Waals surface area contributed by atoms with Crippen LogP contribution in [0.3, 0.4) is 0 Å². The zero-order valence-corrected chi connectivity index (χ0v) is 32.1. The fourth-order valence-electron chi connectivity index (χ4n) is 7.49. The van der Waals surface area contributed by atoms with Crippen molar-refractivity contribution in [2.45, 2.75) is 6.92 Å². The summed E-state index contributed by atoms with van der Waals surface area (Å²) in [6.07, 6.45) is 1.90. The van der Waals surface area contributed by atoms with Crippen molar-refractivity contribution in [1.82, 2.24) is 9.55 Å². The van der Waals surface area contributed by atoms with Crippen LogP contribution in [0.2, 0.25) is 0 Å². The number of benzene rings is 7. The van der Waals surface area contributed by atoms with Crippen molar-refractivity contribution in [3.63, 3.8) is 0 Å². The van der Waals surface area contributed by atoms with Crippen molar-refractivity contribution in [1.29, 1.82) is 0 Å². The van der Waals surface area contributed by atoms with E-state index in [1.165, 1.54) is 11.1 Å². The van der Waals surface area contributed by atoms with Crippen LogP contribution in [-0.4, -0.2) is 14.5 Å². The Morgan fingerprint density at radius 3 is 2.09 bits per heavy atom. The van der Waals surface area contributed by atoms with Gasteiger partial charge in [-0.2, -0.15) is 17.1 Å². The van der Waals surface area contributed by atoms with Gasteiger partial charge in [-0.05, 0) is 83.6 Å². The zero-order chi connectivity index (χ0) is 36.0. The second kappa shape index (κ2) is 14.4. The van der Waals surface area contributed by atoms with E-state index in [-0.39, 0.29) is 21.1 Å². The van der Waals surface area contributed by atoms with Crippen LogP contribution in [0.4, 0.5) is 39.8 Å². The van der Waals surface area contributed by atoms with Gasteiger partial charge in [0.05, 0.1) is 0 Å². The molecule has 9 aromatic rings. The zero-order valence-electron chi connectivity index (χ0n) is 29.8. The van der Waals surface area contributed by atoms with Crippen LogP contribution in [-0.2, 0) is 21.1 Å². The number of para-hydroxylation sites is 5. The first-order valence-electron chi connectivity index (χ1n) is 18.0. The summed E-state index contributed by atoms with van der Waals surface area (Å²) in [6, 6.07) is 68.3. The van der Waals surface area contributed by atoms with Gasteiger partial charge in [0.1, 0.15) is 22.9 Å². The molecule has 0 saturated carbocycles. The Morgan fingerprint density at radius 2 is 1.27 bits per heavy atom. The standard InChI is InChI=1S/C48H33N5O.Pt/c1-34-15-8-9-22-41(34)35-29-30-49-48(31-35)51-44-24-11-10-23-42(44)43-28-27-39(33-47(43)51)50(36-16-4-2-5-17-36)38-20-14-21-40(32-38)53-46-26-13-12-25-45(46)52(54-53)37-18-6-3-7-19-37;/h2-31H,1H3;/q-2;/p+1. The third-order valence-electron chi connectivity index (χ3n) is 10.0. The Balaban J connectivity index is 0.00000397. The van der Waals surface area contributed by atoms with Gasteiger partial charge in [-0.25, -0.2) is 4.98 Å². The molecule has 0 atom stereocenters. The van der Waals surface area contributed by atoms with Gasteiger partial charge < -0.3 is 9.47 Å². The minimum Gasteiger partial charge on any atom is -0.358 e. The first-order chi connectivity index (χ1) is 26.7. The van der Waals surface area contributed by atoms with E-state index in [0.29, 0.717) is 0 Å². The molecule has 268 valence electrons. The average molecular weight is 892 g/mol. The number of pyridine rings is 1. The monoisotopic (exact) mass is 891 g/mol. The third-order valence-corrected chi connectivity index (χ3v) is 10.0. The summed E-state index contributed by atoms with van der Waals surface area (Å²) in [6.45, 7) is 2.15. The average Bonchev–Trinajstić information content (AvgIpc) is 3.78. The second-order valence-corrected chi connectivity index (χ2v) is 13.3. The molecule has 1 N–H and O–H groups in total. The molecule has 0 unspecified atom stereocenters. The van der Waals surface area contributed by atoms with Crippen LogP contribution in [0.1, 0.15) is 5.56 Å². The van der Waals surface area contributed by atoms with Crippen LogP contribution in [0.5, 0.6) is 0 Å². The summed E-state index contributed by atoms with van der Waals surface area (Å²) < 4.78 is 2.23. The van der Waals surface area contributed by atoms with Gasteiger partial charge in [0.2, 0.25) is 0 Å². The normalized spacial score (nSPS) is 12.2. The Hall–Kier alpha value is -6.46. The van der Waals surface area contributed by atoms with Crippen LogP contribution < -0.4 is 15.0 Å². The predicted octanol–water partition coefficient (Wildman–Crippen LogP) is 12.4. The van der Waals surface area contributed by atoms with Crippen LogP contribution in [0.25, 0.3) is 38.8 Å². The van der Waals surface area contributed by atoms with E-state index in [1.54, 1.807) is 0 Å². The molecular weight excluding hydrogens is 858 g/mol. The molecular formula is C48H34N5OPt-. The van der Waals surface area contributed by atoms with Gasteiger partial charge in [-0.15, -0.1) is 40.8 Å². The molecule has 10 rings (SSSR count). The summed E-state index contributed by atoms with van der Waals surface area (Å²) in [5.74, 6) is 0.840. The molecule has 0 fully saturated rings. The van der Waals surface area contributed by atoms with Gasteiger partial charge in [-0.1, -0.05) is 113 Å². The molecule has 0 amide bonds. The largest absolute Gasteiger partial charge is 0.358 e. The maximum Gasteiger partial charge on any atom is 0.148 e. The summed E-state index contributed by atoms with van der Waals surface area (Å²) in [7, 11) is 0. The summed E-state index contributed by atoms with van der Waals surface area (Å²) in [5, 5.41) is 6.20.